The highest BCUT2D eigenvalue weighted by Gasteiger charge is 2.27. The standard InChI is InChI=1S/C30H60NO8P/c1-6-8-10-12-14-15-17-19-21-23-30(33)39-28(27-38-40(34,35)37-25-24-31(3,4)5)26-36-29(32)22-20-18-16-13-11-9-7-2/h28H,6-27H2,1-5H3/p+1/t28-/m1/s1. The molecule has 0 aromatic rings. The number of phosphoric ester groups is 1. The van der Waals surface area contributed by atoms with Gasteiger partial charge in [0.1, 0.15) is 19.8 Å². The van der Waals surface area contributed by atoms with Crippen molar-refractivity contribution < 1.29 is 42.1 Å². The van der Waals surface area contributed by atoms with Crippen LogP contribution in [0.25, 0.3) is 0 Å². The van der Waals surface area contributed by atoms with Crippen molar-refractivity contribution in [2.24, 2.45) is 0 Å². The molecule has 1 N–H and O–H groups in total. The molecule has 0 aromatic carbocycles. The molecule has 0 rings (SSSR count). The molecule has 10 heteroatoms. The van der Waals surface area contributed by atoms with E-state index >= 15 is 0 Å². The largest absolute Gasteiger partial charge is 0.472 e. The van der Waals surface area contributed by atoms with Crippen LogP contribution in [0.4, 0.5) is 0 Å². The van der Waals surface area contributed by atoms with Crippen LogP contribution in [-0.4, -0.2) is 74.9 Å². The van der Waals surface area contributed by atoms with Crippen molar-refractivity contribution in [2.75, 3.05) is 47.5 Å². The van der Waals surface area contributed by atoms with Gasteiger partial charge in [-0.3, -0.25) is 18.6 Å². The summed E-state index contributed by atoms with van der Waals surface area (Å²) in [5.41, 5.74) is 0. The van der Waals surface area contributed by atoms with E-state index in [0.717, 1.165) is 32.1 Å². The molecule has 1 unspecified atom stereocenters. The van der Waals surface area contributed by atoms with Crippen molar-refractivity contribution in [2.45, 2.75) is 136 Å². The average molecular weight is 595 g/mol. The summed E-state index contributed by atoms with van der Waals surface area (Å²) in [5.74, 6) is -0.807. The van der Waals surface area contributed by atoms with Crippen LogP contribution >= 0.6 is 7.82 Å². The number of carbonyl (C=O) groups is 2. The molecule has 2 atom stereocenters. The SMILES string of the molecule is CCCCCCCCCCCC(=O)O[C@H](COC(=O)CCCCCCCCC)COP(=O)(O)OCC[N+](C)(C)C. The lowest BCUT2D eigenvalue weighted by atomic mass is 10.1. The molecular formula is C30H61NO8P+. The molecule has 0 bridgehead atoms. The highest BCUT2D eigenvalue weighted by molar-refractivity contribution is 7.47. The van der Waals surface area contributed by atoms with Gasteiger partial charge in [-0.1, -0.05) is 104 Å². The second-order valence-electron chi connectivity index (χ2n) is 11.9. The van der Waals surface area contributed by atoms with E-state index in [-0.39, 0.29) is 25.6 Å². The van der Waals surface area contributed by atoms with Crippen LogP contribution < -0.4 is 0 Å². The van der Waals surface area contributed by atoms with Gasteiger partial charge in [0.05, 0.1) is 27.7 Å². The fourth-order valence-corrected chi connectivity index (χ4v) is 4.81. The van der Waals surface area contributed by atoms with E-state index in [2.05, 4.69) is 13.8 Å². The van der Waals surface area contributed by atoms with E-state index in [1.807, 2.05) is 21.1 Å². The lowest BCUT2D eigenvalue weighted by Crippen LogP contribution is -2.37. The number of ether oxygens (including phenoxy) is 2. The number of unbranched alkanes of at least 4 members (excludes halogenated alkanes) is 14. The number of esters is 2. The molecule has 0 heterocycles. The summed E-state index contributed by atoms with van der Waals surface area (Å²) in [7, 11) is 1.48. The second-order valence-corrected chi connectivity index (χ2v) is 13.3. The van der Waals surface area contributed by atoms with Crippen LogP contribution in [0.2, 0.25) is 0 Å². The number of likely N-dealkylation sites (N-methyl/N-ethyl adjacent to an activating group) is 1. The Balaban J connectivity index is 4.54. The number of rotatable bonds is 28. The van der Waals surface area contributed by atoms with E-state index in [9.17, 15) is 19.0 Å². The van der Waals surface area contributed by atoms with Gasteiger partial charge in [0.15, 0.2) is 6.10 Å². The topological polar surface area (TPSA) is 108 Å². The third-order valence-electron chi connectivity index (χ3n) is 6.64. The number of hydrogen-bond acceptors (Lipinski definition) is 7. The average Bonchev–Trinajstić information content (AvgIpc) is 2.88. The smallest absolute Gasteiger partial charge is 0.462 e. The summed E-state index contributed by atoms with van der Waals surface area (Å²) in [6.07, 6.45) is 17.4. The predicted octanol–water partition coefficient (Wildman–Crippen LogP) is 7.34. The zero-order valence-corrected chi connectivity index (χ0v) is 27.2. The van der Waals surface area contributed by atoms with E-state index in [4.69, 9.17) is 18.5 Å². The lowest BCUT2D eigenvalue weighted by Gasteiger charge is -2.24. The molecule has 238 valence electrons. The van der Waals surface area contributed by atoms with Crippen LogP contribution in [-0.2, 0) is 32.7 Å². The molecule has 0 amide bonds. The minimum atomic E-state index is -4.34. The van der Waals surface area contributed by atoms with E-state index in [1.165, 1.54) is 64.2 Å². The fourth-order valence-electron chi connectivity index (χ4n) is 4.07. The van der Waals surface area contributed by atoms with Crippen LogP contribution in [0.3, 0.4) is 0 Å². The van der Waals surface area contributed by atoms with Gasteiger partial charge in [0.2, 0.25) is 0 Å². The molecule has 0 saturated heterocycles. The van der Waals surface area contributed by atoms with E-state index in [0.29, 0.717) is 23.9 Å². The second kappa shape index (κ2) is 24.6. The number of hydrogen-bond donors (Lipinski definition) is 1. The van der Waals surface area contributed by atoms with Crippen molar-refractivity contribution in [3.63, 3.8) is 0 Å². The first-order valence-corrected chi connectivity index (χ1v) is 17.3. The van der Waals surface area contributed by atoms with Gasteiger partial charge in [-0.2, -0.15) is 0 Å². The summed E-state index contributed by atoms with van der Waals surface area (Å²) < 4.78 is 33.8. The molecule has 0 aliphatic rings. The molecule has 0 aromatic heterocycles. The number of nitrogens with zero attached hydrogens (tertiary/aromatic N) is 1. The molecule has 0 spiro atoms. The van der Waals surface area contributed by atoms with Crippen LogP contribution in [0.15, 0.2) is 0 Å². The van der Waals surface area contributed by atoms with Gasteiger partial charge >= 0.3 is 19.8 Å². The first-order valence-electron chi connectivity index (χ1n) is 15.8. The summed E-state index contributed by atoms with van der Waals surface area (Å²) >= 11 is 0. The Labute approximate surface area is 244 Å². The molecular weight excluding hydrogens is 533 g/mol. The minimum Gasteiger partial charge on any atom is -0.462 e. The molecule has 0 radical (unpaired) electrons. The Morgan fingerprint density at radius 2 is 1.12 bits per heavy atom. The number of carbonyl (C=O) groups excluding carboxylic acids is 2. The molecule has 0 aliphatic carbocycles. The number of quaternary nitrogens is 1. The molecule has 0 aliphatic heterocycles. The molecule has 9 nitrogen and oxygen atoms in total. The Hall–Kier alpha value is -0.990. The maximum absolute atomic E-state index is 12.4. The third-order valence-corrected chi connectivity index (χ3v) is 7.62. The van der Waals surface area contributed by atoms with Crippen LogP contribution in [0.1, 0.15) is 129 Å². The molecule has 0 saturated carbocycles. The summed E-state index contributed by atoms with van der Waals surface area (Å²) in [4.78, 5) is 34.7. The quantitative estimate of drug-likeness (QED) is 0.0434. The van der Waals surface area contributed by atoms with Crippen molar-refractivity contribution >= 4 is 19.8 Å². The maximum Gasteiger partial charge on any atom is 0.472 e. The Morgan fingerprint density at radius 3 is 1.60 bits per heavy atom. The van der Waals surface area contributed by atoms with Crippen LogP contribution in [0, 0.1) is 0 Å². The van der Waals surface area contributed by atoms with Crippen molar-refractivity contribution in [1.82, 2.24) is 0 Å². The monoisotopic (exact) mass is 594 g/mol. The molecule has 40 heavy (non-hydrogen) atoms. The first-order chi connectivity index (χ1) is 19.0. The molecule has 0 fully saturated rings. The Morgan fingerprint density at radius 1 is 0.675 bits per heavy atom. The van der Waals surface area contributed by atoms with Crippen LogP contribution in [0.5, 0.6) is 0 Å². The fraction of sp³-hybridized carbons (Fsp3) is 0.933. The van der Waals surface area contributed by atoms with Gasteiger partial charge in [0.25, 0.3) is 0 Å². The first kappa shape index (κ1) is 39.0. The van der Waals surface area contributed by atoms with E-state index < -0.39 is 26.5 Å². The maximum atomic E-state index is 12.4. The van der Waals surface area contributed by atoms with E-state index in [1.54, 1.807) is 0 Å². The summed E-state index contributed by atoms with van der Waals surface area (Å²) in [6, 6.07) is 0. The van der Waals surface area contributed by atoms with Gasteiger partial charge in [-0.05, 0) is 12.8 Å². The van der Waals surface area contributed by atoms with Crippen molar-refractivity contribution in [3.8, 4) is 0 Å². The zero-order chi connectivity index (χ0) is 30.1. The Kier molecular flexibility index (Phi) is 24.0. The van der Waals surface area contributed by atoms with Gasteiger partial charge in [0, 0.05) is 12.8 Å². The summed E-state index contributed by atoms with van der Waals surface area (Å²) in [6.45, 7) is 4.32. The Bertz CT molecular complexity index is 683. The van der Waals surface area contributed by atoms with Crippen molar-refractivity contribution in [1.29, 1.82) is 0 Å². The van der Waals surface area contributed by atoms with Gasteiger partial charge < -0.3 is 18.9 Å². The lowest BCUT2D eigenvalue weighted by molar-refractivity contribution is -0.870. The number of phosphoric acid groups is 1. The predicted molar refractivity (Wildman–Crippen MR) is 160 cm³/mol. The zero-order valence-electron chi connectivity index (χ0n) is 26.3. The van der Waals surface area contributed by atoms with Gasteiger partial charge in [-0.25, -0.2) is 4.57 Å². The third kappa shape index (κ3) is 27.2. The van der Waals surface area contributed by atoms with Crippen molar-refractivity contribution in [3.05, 3.63) is 0 Å². The minimum absolute atomic E-state index is 0.0355. The van der Waals surface area contributed by atoms with Gasteiger partial charge in [-0.15, -0.1) is 0 Å². The summed E-state index contributed by atoms with van der Waals surface area (Å²) in [5, 5.41) is 0. The normalized spacial score (nSPS) is 14.1. The highest BCUT2D eigenvalue weighted by Crippen LogP contribution is 2.43. The highest BCUT2D eigenvalue weighted by atomic mass is 31.2.